The molecule has 3 aromatic carbocycles. The van der Waals surface area contributed by atoms with Gasteiger partial charge in [0.15, 0.2) is 0 Å². The molecular weight excluding hydrogens is 522 g/mol. The van der Waals surface area contributed by atoms with Crippen molar-refractivity contribution in [1.29, 1.82) is 0 Å². The van der Waals surface area contributed by atoms with E-state index in [-0.39, 0.29) is 37.9 Å². The summed E-state index contributed by atoms with van der Waals surface area (Å²) >= 11 is 0. The molecular formula is C33H41NO7. The smallest absolute Gasteiger partial charge is 0.305 e. The lowest BCUT2D eigenvalue weighted by molar-refractivity contribution is -0.143. The monoisotopic (exact) mass is 563 g/mol. The second-order valence-electron chi connectivity index (χ2n) is 9.70. The second kappa shape index (κ2) is 16.4. The summed E-state index contributed by atoms with van der Waals surface area (Å²) in [7, 11) is 3.23. The third kappa shape index (κ3) is 9.06. The lowest BCUT2D eigenvalue weighted by Gasteiger charge is -2.36. The predicted molar refractivity (Wildman–Crippen MR) is 157 cm³/mol. The maximum atomic E-state index is 12.3. The number of rotatable bonds is 17. The molecule has 0 saturated heterocycles. The van der Waals surface area contributed by atoms with Crippen LogP contribution in [0.5, 0.6) is 11.5 Å². The van der Waals surface area contributed by atoms with Gasteiger partial charge in [-0.3, -0.25) is 9.59 Å². The minimum absolute atomic E-state index is 0.00980. The normalized spacial score (nSPS) is 11.9. The van der Waals surface area contributed by atoms with Gasteiger partial charge in [-0.15, -0.1) is 0 Å². The Morgan fingerprint density at radius 1 is 0.805 bits per heavy atom. The van der Waals surface area contributed by atoms with Crippen molar-refractivity contribution in [2.24, 2.45) is 0 Å². The Balaban J connectivity index is 1.73. The van der Waals surface area contributed by atoms with Crippen molar-refractivity contribution in [3.05, 3.63) is 95.6 Å². The van der Waals surface area contributed by atoms with Gasteiger partial charge in [0, 0.05) is 19.4 Å². The molecule has 8 heteroatoms. The maximum Gasteiger partial charge on any atom is 0.305 e. The molecule has 0 fully saturated rings. The number of hydrogen-bond donors (Lipinski definition) is 2. The van der Waals surface area contributed by atoms with Gasteiger partial charge in [-0.05, 0) is 53.8 Å². The van der Waals surface area contributed by atoms with Crippen LogP contribution in [0.15, 0.2) is 78.9 Å². The predicted octanol–water partition coefficient (Wildman–Crippen LogP) is 5.00. The number of ether oxygens (including phenoxy) is 4. The molecule has 3 aromatic rings. The van der Waals surface area contributed by atoms with Crippen LogP contribution in [-0.2, 0) is 24.7 Å². The molecule has 220 valence electrons. The first kappa shape index (κ1) is 31.6. The molecule has 8 nitrogen and oxygen atoms in total. The van der Waals surface area contributed by atoms with Gasteiger partial charge in [-0.25, -0.2) is 0 Å². The van der Waals surface area contributed by atoms with Gasteiger partial charge in [0.2, 0.25) is 5.91 Å². The topological polar surface area (TPSA) is 103 Å². The van der Waals surface area contributed by atoms with Crippen molar-refractivity contribution in [2.75, 3.05) is 34.0 Å². The third-order valence-corrected chi connectivity index (χ3v) is 6.75. The summed E-state index contributed by atoms with van der Waals surface area (Å²) in [4.78, 5) is 24.1. The summed E-state index contributed by atoms with van der Waals surface area (Å²) in [6, 6.07) is 25.0. The van der Waals surface area contributed by atoms with Gasteiger partial charge in [-0.1, -0.05) is 67.9 Å². The van der Waals surface area contributed by atoms with Crippen molar-refractivity contribution in [3.8, 4) is 11.5 Å². The Morgan fingerprint density at radius 2 is 1.37 bits per heavy atom. The highest BCUT2D eigenvalue weighted by molar-refractivity contribution is 5.77. The number of carbonyl (C=O) groups excluding carboxylic acids is 2. The summed E-state index contributed by atoms with van der Waals surface area (Å²) in [5, 5.41) is 13.6. The lowest BCUT2D eigenvalue weighted by atomic mass is 9.80. The van der Waals surface area contributed by atoms with Crippen molar-refractivity contribution >= 4 is 11.9 Å². The Kier molecular flexibility index (Phi) is 12.7. The van der Waals surface area contributed by atoms with E-state index in [0.29, 0.717) is 24.5 Å². The van der Waals surface area contributed by atoms with Crippen molar-refractivity contribution in [1.82, 2.24) is 5.32 Å². The Hall–Kier alpha value is -3.88. The second-order valence-corrected chi connectivity index (χ2v) is 9.70. The van der Waals surface area contributed by atoms with Crippen molar-refractivity contribution < 1.29 is 33.6 Å². The highest BCUT2D eigenvalue weighted by Crippen LogP contribution is 2.41. The van der Waals surface area contributed by atoms with Crippen molar-refractivity contribution in [3.63, 3.8) is 0 Å². The van der Waals surface area contributed by atoms with Crippen LogP contribution in [0.1, 0.15) is 55.7 Å². The van der Waals surface area contributed by atoms with E-state index >= 15 is 0 Å². The fourth-order valence-corrected chi connectivity index (χ4v) is 4.47. The van der Waals surface area contributed by atoms with Crippen molar-refractivity contribution in [2.45, 2.75) is 50.7 Å². The van der Waals surface area contributed by atoms with E-state index in [1.165, 1.54) is 0 Å². The molecule has 3 rings (SSSR count). The van der Waals surface area contributed by atoms with E-state index in [1.807, 2.05) is 85.8 Å². The minimum Gasteiger partial charge on any atom is -0.497 e. The van der Waals surface area contributed by atoms with Crippen LogP contribution in [0, 0.1) is 0 Å². The molecule has 41 heavy (non-hydrogen) atoms. The van der Waals surface area contributed by atoms with E-state index < -0.39 is 11.7 Å². The number of benzene rings is 3. The molecule has 2 N–H and O–H groups in total. The van der Waals surface area contributed by atoms with Gasteiger partial charge in [0.05, 0.1) is 33.5 Å². The Bertz CT molecular complexity index is 1150. The number of carbonyl (C=O) groups is 2. The molecule has 0 saturated carbocycles. The fourth-order valence-electron chi connectivity index (χ4n) is 4.47. The number of aliphatic hydroxyl groups is 1. The number of esters is 1. The van der Waals surface area contributed by atoms with Gasteiger partial charge >= 0.3 is 5.97 Å². The summed E-state index contributed by atoms with van der Waals surface area (Å²) in [5.74, 6) is 0.879. The van der Waals surface area contributed by atoms with E-state index in [2.05, 4.69) is 5.32 Å². The van der Waals surface area contributed by atoms with E-state index in [0.717, 1.165) is 29.5 Å². The summed E-state index contributed by atoms with van der Waals surface area (Å²) < 4.78 is 22.5. The largest absolute Gasteiger partial charge is 0.497 e. The zero-order chi connectivity index (χ0) is 29.5. The third-order valence-electron chi connectivity index (χ3n) is 6.75. The highest BCUT2D eigenvalue weighted by atomic mass is 16.5. The number of hydrogen-bond acceptors (Lipinski definition) is 7. The number of amides is 1. The zero-order valence-electron chi connectivity index (χ0n) is 24.1. The first-order valence-electron chi connectivity index (χ1n) is 14.0. The lowest BCUT2D eigenvalue weighted by Crippen LogP contribution is -2.39. The van der Waals surface area contributed by atoms with Gasteiger partial charge < -0.3 is 29.4 Å². The van der Waals surface area contributed by atoms with Crippen LogP contribution in [0.2, 0.25) is 0 Å². The molecule has 0 bridgehead atoms. The Labute approximate surface area is 242 Å². The van der Waals surface area contributed by atoms with Crippen LogP contribution in [0.25, 0.3) is 0 Å². The maximum absolute atomic E-state index is 12.3. The number of nitrogens with one attached hydrogen (secondary N) is 1. The summed E-state index contributed by atoms with van der Waals surface area (Å²) in [6.45, 7) is 2.38. The fraction of sp³-hybridized carbons (Fsp3) is 0.394. The van der Waals surface area contributed by atoms with Gasteiger partial charge in [0.25, 0.3) is 0 Å². The zero-order valence-corrected chi connectivity index (χ0v) is 24.1. The molecule has 1 amide bonds. The van der Waals surface area contributed by atoms with Gasteiger partial charge in [-0.2, -0.15) is 0 Å². The first-order valence-corrected chi connectivity index (χ1v) is 14.0. The van der Waals surface area contributed by atoms with Crippen LogP contribution in [0.3, 0.4) is 0 Å². The molecule has 0 spiro atoms. The number of aliphatic hydroxyl groups excluding tert-OH is 1. The molecule has 0 aliphatic rings. The van der Waals surface area contributed by atoms with Crippen LogP contribution in [-0.4, -0.2) is 57.1 Å². The molecule has 0 aromatic heterocycles. The van der Waals surface area contributed by atoms with E-state index in [4.69, 9.17) is 18.9 Å². The minimum atomic E-state index is -1.07. The average Bonchev–Trinajstić information content (AvgIpc) is 3.01. The van der Waals surface area contributed by atoms with Crippen LogP contribution < -0.4 is 14.8 Å². The molecule has 0 unspecified atom stereocenters. The molecule has 1 atom stereocenters. The standard InChI is InChI=1S/C33H41NO7/c1-4-5-22-40-32(37)13-9-12-31(36)34-23-28(35)24-41-33(25-10-7-6-8-11-25,26-14-18-29(38-2)19-15-26)27-16-20-30(39-3)21-17-27/h6-8,10-11,14-21,28,35H,4-5,9,12-13,22-24H2,1-3H3,(H,34,36)/t28-/m1/s1. The molecule has 0 aliphatic heterocycles. The molecule has 0 radical (unpaired) electrons. The van der Waals surface area contributed by atoms with E-state index in [9.17, 15) is 14.7 Å². The first-order chi connectivity index (χ1) is 19.9. The highest BCUT2D eigenvalue weighted by Gasteiger charge is 2.38. The number of unbranched alkanes of at least 4 members (excludes halogenated alkanes) is 1. The number of methoxy groups -OCH3 is 2. The van der Waals surface area contributed by atoms with Crippen LogP contribution in [0.4, 0.5) is 0 Å². The van der Waals surface area contributed by atoms with E-state index in [1.54, 1.807) is 14.2 Å². The average molecular weight is 564 g/mol. The quantitative estimate of drug-likeness (QED) is 0.135. The van der Waals surface area contributed by atoms with Crippen LogP contribution >= 0.6 is 0 Å². The Morgan fingerprint density at radius 3 is 1.90 bits per heavy atom. The summed E-state index contributed by atoms with van der Waals surface area (Å²) in [6.07, 6.45) is 1.55. The SMILES string of the molecule is CCCCOC(=O)CCCC(=O)NC[C@@H](O)COC(c1ccccc1)(c1ccc(OC)cc1)c1ccc(OC)cc1. The van der Waals surface area contributed by atoms with Gasteiger partial charge in [0.1, 0.15) is 17.1 Å². The molecule has 0 aliphatic carbocycles. The summed E-state index contributed by atoms with van der Waals surface area (Å²) in [5.41, 5.74) is 1.49. The molecule has 0 heterocycles.